The number of aromatic hydroxyl groups is 1. The highest BCUT2D eigenvalue weighted by Gasteiger charge is 2.32. The number of carboxylic acid groups (broad SMARTS) is 1. The highest BCUT2D eigenvalue weighted by Crippen LogP contribution is 2.35. The highest BCUT2D eigenvalue weighted by atomic mass is 32.2. The van der Waals surface area contributed by atoms with E-state index in [1.165, 1.54) is 12.1 Å². The van der Waals surface area contributed by atoms with Gasteiger partial charge < -0.3 is 25.9 Å². The number of sulfonamides is 1. The number of ether oxygens (including phenoxy) is 1. The lowest BCUT2D eigenvalue weighted by Crippen LogP contribution is -2.36. The van der Waals surface area contributed by atoms with Gasteiger partial charge in [0.05, 0.1) is 4.90 Å². The number of phenols is 1. The van der Waals surface area contributed by atoms with E-state index >= 15 is 0 Å². The molecule has 1 atom stereocenters. The molecule has 12 nitrogen and oxygen atoms in total. The fourth-order valence-electron chi connectivity index (χ4n) is 5.33. The summed E-state index contributed by atoms with van der Waals surface area (Å²) in [7, 11) is -7.85. The van der Waals surface area contributed by atoms with Crippen molar-refractivity contribution in [3.8, 4) is 22.6 Å². The number of phenolic OH excluding ortho intramolecular Hbond substituents is 1. The van der Waals surface area contributed by atoms with E-state index in [2.05, 4.69) is 9.88 Å². The van der Waals surface area contributed by atoms with E-state index in [9.17, 15) is 31.8 Å². The SMILES string of the molecule is CS(=O)(=O)c1ccccc1-c1ccc(CCNS(=O)(=O)c2cc(C(N)=NO)ccc2O)c(OC(C(=O)O)C2CCCCC2)c1. The number of hydrogen-bond acceptors (Lipinski definition) is 9. The van der Waals surface area contributed by atoms with Crippen molar-refractivity contribution >= 4 is 31.7 Å². The van der Waals surface area contributed by atoms with Crippen LogP contribution in [0.2, 0.25) is 0 Å². The quantitative estimate of drug-likeness (QED) is 0.0839. The molecular formula is C30H35N3O9S2. The normalized spacial score (nSPS) is 15.5. The molecule has 0 bridgehead atoms. The van der Waals surface area contributed by atoms with Gasteiger partial charge in [0.2, 0.25) is 10.0 Å². The van der Waals surface area contributed by atoms with Crippen molar-refractivity contribution in [1.29, 1.82) is 0 Å². The summed E-state index contributed by atoms with van der Waals surface area (Å²) in [6.45, 7) is -0.160. The van der Waals surface area contributed by atoms with Gasteiger partial charge >= 0.3 is 5.97 Å². The minimum atomic E-state index is -4.26. The molecule has 14 heteroatoms. The van der Waals surface area contributed by atoms with Crippen LogP contribution in [0.25, 0.3) is 11.1 Å². The van der Waals surface area contributed by atoms with Crippen molar-refractivity contribution in [2.75, 3.05) is 12.8 Å². The third kappa shape index (κ3) is 7.68. The fraction of sp³-hybridized carbons (Fsp3) is 0.333. The largest absolute Gasteiger partial charge is 0.507 e. The predicted molar refractivity (Wildman–Crippen MR) is 163 cm³/mol. The second-order valence-electron chi connectivity index (χ2n) is 10.7. The van der Waals surface area contributed by atoms with Crippen LogP contribution < -0.4 is 15.2 Å². The fourth-order valence-corrected chi connectivity index (χ4v) is 7.40. The Kier molecular flexibility index (Phi) is 10.2. The molecule has 0 spiro atoms. The van der Waals surface area contributed by atoms with Crippen molar-refractivity contribution in [1.82, 2.24) is 4.72 Å². The Balaban J connectivity index is 1.67. The number of hydrogen-bond donors (Lipinski definition) is 5. The molecule has 3 aromatic rings. The second-order valence-corrected chi connectivity index (χ2v) is 14.4. The van der Waals surface area contributed by atoms with E-state index in [1.807, 2.05) is 0 Å². The minimum absolute atomic E-state index is 0.0697. The average Bonchev–Trinajstić information content (AvgIpc) is 3.00. The number of rotatable bonds is 12. The number of carboxylic acids is 1. The number of aliphatic carboxylic acids is 1. The molecule has 3 aromatic carbocycles. The monoisotopic (exact) mass is 645 g/mol. The van der Waals surface area contributed by atoms with E-state index in [4.69, 9.17) is 15.7 Å². The van der Waals surface area contributed by atoms with Gasteiger partial charge in [0.25, 0.3) is 0 Å². The zero-order valence-electron chi connectivity index (χ0n) is 24.0. The Morgan fingerprint density at radius 2 is 1.73 bits per heavy atom. The van der Waals surface area contributed by atoms with Gasteiger partial charge in [-0.25, -0.2) is 26.4 Å². The van der Waals surface area contributed by atoms with Crippen molar-refractivity contribution in [2.45, 2.75) is 54.4 Å². The van der Waals surface area contributed by atoms with Gasteiger partial charge in [0.15, 0.2) is 21.8 Å². The molecule has 1 saturated carbocycles. The second kappa shape index (κ2) is 13.7. The Morgan fingerprint density at radius 1 is 1.02 bits per heavy atom. The number of nitrogens with one attached hydrogen (secondary N) is 1. The molecule has 1 fully saturated rings. The number of carbonyl (C=O) groups is 1. The zero-order valence-corrected chi connectivity index (χ0v) is 25.6. The summed E-state index contributed by atoms with van der Waals surface area (Å²) in [6, 6.07) is 14.8. The molecule has 6 N–H and O–H groups in total. The van der Waals surface area contributed by atoms with Crippen LogP contribution in [0, 0.1) is 5.92 Å². The Labute approximate surface area is 256 Å². The lowest BCUT2D eigenvalue weighted by Gasteiger charge is -2.28. The van der Waals surface area contributed by atoms with Gasteiger partial charge in [0.1, 0.15) is 16.4 Å². The minimum Gasteiger partial charge on any atom is -0.507 e. The van der Waals surface area contributed by atoms with Gasteiger partial charge in [-0.2, -0.15) is 0 Å². The van der Waals surface area contributed by atoms with Crippen LogP contribution in [0.3, 0.4) is 0 Å². The molecule has 0 radical (unpaired) electrons. The summed E-state index contributed by atoms with van der Waals surface area (Å²) in [6.07, 6.45) is 4.20. The van der Waals surface area contributed by atoms with Crippen LogP contribution >= 0.6 is 0 Å². The maximum absolute atomic E-state index is 13.1. The maximum Gasteiger partial charge on any atom is 0.345 e. The third-order valence-electron chi connectivity index (χ3n) is 7.58. The van der Waals surface area contributed by atoms with Gasteiger partial charge in [0, 0.05) is 29.8 Å². The van der Waals surface area contributed by atoms with Crippen molar-refractivity contribution in [3.63, 3.8) is 0 Å². The Bertz CT molecular complexity index is 1770. The first-order chi connectivity index (χ1) is 20.8. The van der Waals surface area contributed by atoms with E-state index in [1.54, 1.807) is 36.4 Å². The summed E-state index contributed by atoms with van der Waals surface area (Å²) in [5.41, 5.74) is 7.04. The van der Waals surface area contributed by atoms with Crippen LogP contribution in [0.15, 0.2) is 75.6 Å². The molecule has 0 aromatic heterocycles. The molecule has 1 aliphatic carbocycles. The molecule has 0 saturated heterocycles. The number of benzene rings is 3. The summed E-state index contributed by atoms with van der Waals surface area (Å²) in [4.78, 5) is 12.0. The van der Waals surface area contributed by atoms with Crippen LogP contribution in [0.4, 0.5) is 0 Å². The summed E-state index contributed by atoms with van der Waals surface area (Å²) in [5.74, 6) is -2.02. The molecule has 1 aliphatic rings. The molecule has 4 rings (SSSR count). The Morgan fingerprint density at radius 3 is 2.39 bits per heavy atom. The van der Waals surface area contributed by atoms with Gasteiger partial charge in [-0.05, 0) is 60.7 Å². The van der Waals surface area contributed by atoms with Gasteiger partial charge in [-0.1, -0.05) is 54.8 Å². The highest BCUT2D eigenvalue weighted by molar-refractivity contribution is 7.91. The topological polar surface area (TPSA) is 206 Å². The van der Waals surface area contributed by atoms with Crippen LogP contribution in [-0.2, 0) is 31.1 Å². The third-order valence-corrected chi connectivity index (χ3v) is 10.2. The van der Waals surface area contributed by atoms with Gasteiger partial charge in [-0.15, -0.1) is 0 Å². The molecule has 236 valence electrons. The lowest BCUT2D eigenvalue weighted by molar-refractivity contribution is -0.148. The number of nitrogens with zero attached hydrogens (tertiary/aromatic N) is 1. The van der Waals surface area contributed by atoms with E-state index in [0.717, 1.165) is 37.7 Å². The number of nitrogens with two attached hydrogens (primary N) is 1. The van der Waals surface area contributed by atoms with Crippen LogP contribution in [0.5, 0.6) is 11.5 Å². The zero-order chi connectivity index (χ0) is 32.1. The van der Waals surface area contributed by atoms with Crippen molar-refractivity contribution in [3.05, 3.63) is 71.8 Å². The molecule has 1 unspecified atom stereocenters. The first-order valence-electron chi connectivity index (χ1n) is 13.9. The first-order valence-corrected chi connectivity index (χ1v) is 17.3. The van der Waals surface area contributed by atoms with E-state index < -0.39 is 42.6 Å². The van der Waals surface area contributed by atoms with Crippen LogP contribution in [-0.4, -0.2) is 63.0 Å². The number of oxime groups is 1. The lowest BCUT2D eigenvalue weighted by atomic mass is 9.85. The van der Waals surface area contributed by atoms with Crippen LogP contribution in [0.1, 0.15) is 43.2 Å². The molecule has 0 aliphatic heterocycles. The summed E-state index contributed by atoms with van der Waals surface area (Å²) in [5, 5.41) is 32.1. The standard InChI is InChI=1S/C30H35N3O9S2/c1-43(38,39)26-10-6-5-9-23(26)21-12-11-19(25(17-21)42-28(30(35)36)20-7-3-2-4-8-20)15-16-32-44(40,41)27-18-22(29(31)33-37)13-14-24(27)34/h5-6,9-14,17-18,20,28,32,34,37H,2-4,7-8,15-16H2,1H3,(H2,31,33)(H,35,36). The molecule has 0 amide bonds. The number of sulfone groups is 1. The summed E-state index contributed by atoms with van der Waals surface area (Å²) < 4.78 is 59.7. The Hall–Kier alpha value is -4.14. The smallest absolute Gasteiger partial charge is 0.345 e. The van der Waals surface area contributed by atoms with E-state index in [0.29, 0.717) is 29.5 Å². The molecule has 44 heavy (non-hydrogen) atoms. The molecular weight excluding hydrogens is 610 g/mol. The van der Waals surface area contributed by atoms with Gasteiger partial charge in [-0.3, -0.25) is 0 Å². The summed E-state index contributed by atoms with van der Waals surface area (Å²) >= 11 is 0. The predicted octanol–water partition coefficient (Wildman–Crippen LogP) is 3.49. The number of amidine groups is 1. The van der Waals surface area contributed by atoms with Crippen molar-refractivity contribution in [2.24, 2.45) is 16.8 Å². The first kappa shape index (κ1) is 32.8. The maximum atomic E-state index is 13.1. The molecule has 0 heterocycles. The van der Waals surface area contributed by atoms with Crippen molar-refractivity contribution < 1.29 is 41.8 Å². The van der Waals surface area contributed by atoms with E-state index in [-0.39, 0.29) is 40.9 Å². The average molecular weight is 646 g/mol.